The van der Waals surface area contributed by atoms with Gasteiger partial charge in [-0.3, -0.25) is 0 Å². The van der Waals surface area contributed by atoms with Crippen LogP contribution in [-0.2, 0) is 0 Å². The zero-order valence-corrected chi connectivity index (χ0v) is 13.0. The minimum Gasteiger partial charge on any atom is -0.485 e. The van der Waals surface area contributed by atoms with Crippen molar-refractivity contribution in [2.24, 2.45) is 5.92 Å². The fraction of sp³-hybridized carbons (Fsp3) is 0.533. The number of nitrogens with one attached hydrogen (secondary N) is 2. The molecule has 2 amide bonds. The Morgan fingerprint density at radius 2 is 2.04 bits per heavy atom. The highest BCUT2D eigenvalue weighted by Gasteiger charge is 2.15. The monoisotopic (exact) mass is 334 g/mol. The first-order chi connectivity index (χ1) is 10.8. The minimum absolute atomic E-state index is 0.0609. The number of alkyl halides is 2. The van der Waals surface area contributed by atoms with Crippen LogP contribution in [0.3, 0.4) is 0 Å². The summed E-state index contributed by atoms with van der Waals surface area (Å²) in [5.74, 6) is -0.596. The van der Waals surface area contributed by atoms with Gasteiger partial charge < -0.3 is 20.5 Å². The zero-order valence-electron chi connectivity index (χ0n) is 13.0. The lowest BCUT2D eigenvalue weighted by Gasteiger charge is -2.19. The van der Waals surface area contributed by atoms with Crippen molar-refractivity contribution in [1.82, 2.24) is 5.32 Å². The lowest BCUT2D eigenvalue weighted by Crippen LogP contribution is -2.41. The van der Waals surface area contributed by atoms with Crippen LogP contribution >= 0.6 is 0 Å². The Morgan fingerprint density at radius 3 is 2.61 bits per heavy atom. The predicted octanol–water partition coefficient (Wildman–Crippen LogP) is 3.00. The number of amides is 2. The Morgan fingerprint density at radius 1 is 1.35 bits per heavy atom. The van der Waals surface area contributed by atoms with Gasteiger partial charge in [-0.1, -0.05) is 13.8 Å². The molecule has 3 N–H and O–H groups in total. The SMILES string of the molecule is CC(C)CC(CO)NC(=O)Nc1ccc(F)cc1OCC(F)F. The molecule has 0 heterocycles. The number of aliphatic hydroxyl groups is 1. The minimum atomic E-state index is -2.72. The number of anilines is 1. The second-order valence-corrected chi connectivity index (χ2v) is 5.45. The van der Waals surface area contributed by atoms with Gasteiger partial charge in [-0.25, -0.2) is 18.0 Å². The van der Waals surface area contributed by atoms with Gasteiger partial charge in [-0.05, 0) is 24.5 Å². The van der Waals surface area contributed by atoms with Crippen LogP contribution in [0, 0.1) is 11.7 Å². The van der Waals surface area contributed by atoms with Gasteiger partial charge in [0.15, 0.2) is 0 Å². The van der Waals surface area contributed by atoms with Crippen molar-refractivity contribution in [3.63, 3.8) is 0 Å². The molecule has 0 fully saturated rings. The highest BCUT2D eigenvalue weighted by Crippen LogP contribution is 2.26. The van der Waals surface area contributed by atoms with Gasteiger partial charge in [0.05, 0.1) is 18.3 Å². The summed E-state index contributed by atoms with van der Waals surface area (Å²) in [5.41, 5.74) is 0.0609. The Bertz CT molecular complexity index is 513. The van der Waals surface area contributed by atoms with E-state index in [0.717, 1.165) is 12.1 Å². The van der Waals surface area contributed by atoms with Gasteiger partial charge >= 0.3 is 6.03 Å². The van der Waals surface area contributed by atoms with Gasteiger partial charge in [0, 0.05) is 6.07 Å². The number of aliphatic hydroxyl groups excluding tert-OH is 1. The van der Waals surface area contributed by atoms with Crippen molar-refractivity contribution in [1.29, 1.82) is 0 Å². The van der Waals surface area contributed by atoms with Crippen LogP contribution in [0.25, 0.3) is 0 Å². The van der Waals surface area contributed by atoms with Crippen molar-refractivity contribution in [2.45, 2.75) is 32.7 Å². The average molecular weight is 334 g/mol. The molecule has 0 aliphatic heterocycles. The van der Waals surface area contributed by atoms with Gasteiger partial charge in [-0.15, -0.1) is 0 Å². The Balaban J connectivity index is 2.72. The van der Waals surface area contributed by atoms with E-state index in [2.05, 4.69) is 10.6 Å². The molecule has 8 heteroatoms. The summed E-state index contributed by atoms with van der Waals surface area (Å²) in [6.45, 7) is 2.74. The fourth-order valence-corrected chi connectivity index (χ4v) is 1.96. The van der Waals surface area contributed by atoms with Gasteiger partial charge in [0.1, 0.15) is 18.2 Å². The molecule has 0 aromatic heterocycles. The van der Waals surface area contributed by atoms with E-state index in [0.29, 0.717) is 6.42 Å². The molecule has 0 spiro atoms. The van der Waals surface area contributed by atoms with E-state index in [1.165, 1.54) is 6.07 Å². The van der Waals surface area contributed by atoms with E-state index in [1.807, 2.05) is 13.8 Å². The molecule has 1 unspecified atom stereocenters. The first-order valence-corrected chi connectivity index (χ1v) is 7.20. The number of ether oxygens (including phenoxy) is 1. The van der Waals surface area contributed by atoms with Crippen LogP contribution in [0.15, 0.2) is 18.2 Å². The average Bonchev–Trinajstić information content (AvgIpc) is 2.46. The number of rotatable bonds is 8. The summed E-state index contributed by atoms with van der Waals surface area (Å²) >= 11 is 0. The number of carbonyl (C=O) groups is 1. The molecule has 1 aromatic carbocycles. The van der Waals surface area contributed by atoms with E-state index >= 15 is 0 Å². The largest absolute Gasteiger partial charge is 0.485 e. The second kappa shape index (κ2) is 9.24. The lowest BCUT2D eigenvalue weighted by molar-refractivity contribution is 0.0821. The first kappa shape index (κ1) is 19.1. The highest BCUT2D eigenvalue weighted by molar-refractivity contribution is 5.91. The summed E-state index contributed by atoms with van der Waals surface area (Å²) < 4.78 is 42.4. The van der Waals surface area contributed by atoms with Crippen molar-refractivity contribution in [2.75, 3.05) is 18.5 Å². The maximum atomic E-state index is 13.2. The molecule has 0 saturated carbocycles. The zero-order chi connectivity index (χ0) is 17.4. The van der Waals surface area contributed by atoms with Gasteiger partial charge in [0.2, 0.25) is 0 Å². The van der Waals surface area contributed by atoms with Crippen molar-refractivity contribution in [3.8, 4) is 5.75 Å². The van der Waals surface area contributed by atoms with E-state index in [9.17, 15) is 23.1 Å². The molecule has 130 valence electrons. The molecule has 0 aliphatic carbocycles. The first-order valence-electron chi connectivity index (χ1n) is 7.20. The summed E-state index contributed by atoms with van der Waals surface area (Å²) in [5, 5.41) is 14.2. The molecule has 1 atom stereocenters. The van der Waals surface area contributed by atoms with Crippen molar-refractivity contribution < 1.29 is 27.8 Å². The highest BCUT2D eigenvalue weighted by atomic mass is 19.3. The number of hydrogen-bond acceptors (Lipinski definition) is 3. The quantitative estimate of drug-likeness (QED) is 0.684. The van der Waals surface area contributed by atoms with E-state index < -0.39 is 30.9 Å². The summed E-state index contributed by atoms with van der Waals surface area (Å²) in [6.07, 6.45) is -2.15. The molecule has 23 heavy (non-hydrogen) atoms. The van der Waals surface area contributed by atoms with E-state index in [1.54, 1.807) is 0 Å². The second-order valence-electron chi connectivity index (χ2n) is 5.45. The van der Waals surface area contributed by atoms with E-state index in [4.69, 9.17) is 4.74 Å². The summed E-state index contributed by atoms with van der Waals surface area (Å²) in [4.78, 5) is 11.9. The number of urea groups is 1. The fourth-order valence-electron chi connectivity index (χ4n) is 1.96. The van der Waals surface area contributed by atoms with Gasteiger partial charge in [-0.2, -0.15) is 0 Å². The third kappa shape index (κ3) is 7.23. The summed E-state index contributed by atoms with van der Waals surface area (Å²) in [6, 6.07) is 2.11. The standard InChI is InChI=1S/C15H21F3N2O3/c1-9(2)5-11(7-21)19-15(22)20-12-4-3-10(16)6-13(12)23-8-14(17)18/h3-4,6,9,11,14,21H,5,7-8H2,1-2H3,(H2,19,20,22). The number of carbonyl (C=O) groups excluding carboxylic acids is 1. The van der Waals surface area contributed by atoms with Gasteiger partial charge in [0.25, 0.3) is 6.43 Å². The third-order valence-electron chi connectivity index (χ3n) is 2.87. The normalized spacial score (nSPS) is 12.3. The Kier molecular flexibility index (Phi) is 7.67. The van der Waals surface area contributed by atoms with Crippen LogP contribution in [0.2, 0.25) is 0 Å². The van der Waals surface area contributed by atoms with Crippen LogP contribution in [0.5, 0.6) is 5.75 Å². The van der Waals surface area contributed by atoms with Crippen LogP contribution in [-0.4, -0.2) is 36.8 Å². The van der Waals surface area contributed by atoms with Crippen LogP contribution in [0.1, 0.15) is 20.3 Å². The van der Waals surface area contributed by atoms with Crippen LogP contribution < -0.4 is 15.4 Å². The molecule has 1 aromatic rings. The van der Waals surface area contributed by atoms with Crippen LogP contribution in [0.4, 0.5) is 23.7 Å². The molecular formula is C15H21F3N2O3. The van der Waals surface area contributed by atoms with Crippen molar-refractivity contribution in [3.05, 3.63) is 24.0 Å². The topological polar surface area (TPSA) is 70.6 Å². The number of hydrogen-bond donors (Lipinski definition) is 3. The maximum absolute atomic E-state index is 13.2. The Hall–Kier alpha value is -1.96. The molecular weight excluding hydrogens is 313 g/mol. The van der Waals surface area contributed by atoms with E-state index in [-0.39, 0.29) is 24.0 Å². The molecule has 0 bridgehead atoms. The Labute approximate surface area is 132 Å². The lowest BCUT2D eigenvalue weighted by atomic mass is 10.0. The maximum Gasteiger partial charge on any atom is 0.319 e. The molecule has 0 radical (unpaired) electrons. The molecule has 1 rings (SSSR count). The predicted molar refractivity (Wildman–Crippen MR) is 80.4 cm³/mol. The number of benzene rings is 1. The van der Waals surface area contributed by atoms with Crippen molar-refractivity contribution >= 4 is 11.7 Å². The molecule has 0 aliphatic rings. The number of halogens is 3. The molecule has 0 saturated heterocycles. The molecule has 5 nitrogen and oxygen atoms in total. The smallest absolute Gasteiger partial charge is 0.319 e. The summed E-state index contributed by atoms with van der Waals surface area (Å²) in [7, 11) is 0. The third-order valence-corrected chi connectivity index (χ3v) is 2.87.